The second-order valence-corrected chi connectivity index (χ2v) is 15.5. The van der Waals surface area contributed by atoms with Gasteiger partial charge in [-0.3, -0.25) is 43.6 Å². The van der Waals surface area contributed by atoms with Crippen molar-refractivity contribution in [2.45, 2.75) is 64.1 Å². The number of aryl methyl sites for hydroxylation is 1. The zero-order valence-electron chi connectivity index (χ0n) is 33.4. The quantitative estimate of drug-likeness (QED) is 0.136. The van der Waals surface area contributed by atoms with Gasteiger partial charge in [0.05, 0.1) is 34.7 Å². The van der Waals surface area contributed by atoms with E-state index in [9.17, 15) is 24.0 Å². The second kappa shape index (κ2) is 16.0. The number of pyridine rings is 2. The van der Waals surface area contributed by atoms with Crippen LogP contribution in [-0.2, 0) is 39.3 Å². The number of aromatic nitrogens is 6. The monoisotopic (exact) mass is 805 g/mol. The molecule has 304 valence electrons. The number of nitrogens with one attached hydrogen (secondary N) is 2. The van der Waals surface area contributed by atoms with E-state index in [-0.39, 0.29) is 41.9 Å². The standard InChI is InChI=1S/C45H43N9O6/c1-27(55)52-18-19-53-39(26-52)41(50-42(53)29-15-20-60-21-16-29)32-8-5-7-30-23-35(48-25-33(30)32)31-10-11-34(47-24-31)43(57)46-17-4-3-6-28-9-12-36-38(22-28)51(2)45(59)54(36)37-13-14-40(56)49-44(37)58/h5,7-12,22-25,29,37H,4,13-21,26H2,1-2H3,(H,46,57)(H,49,56,58). The fraction of sp³-hybridized carbons (Fsp3) is 0.333. The van der Waals surface area contributed by atoms with Crippen LogP contribution in [-0.4, -0.2) is 83.5 Å². The molecule has 0 spiro atoms. The zero-order valence-corrected chi connectivity index (χ0v) is 33.4. The van der Waals surface area contributed by atoms with E-state index in [0.717, 1.165) is 70.9 Å². The molecule has 1 atom stereocenters. The first-order chi connectivity index (χ1) is 29.1. The summed E-state index contributed by atoms with van der Waals surface area (Å²) < 4.78 is 10.9. The molecule has 2 N–H and O–H groups in total. The number of rotatable bonds is 7. The van der Waals surface area contributed by atoms with Crippen LogP contribution in [0.3, 0.4) is 0 Å². The SMILES string of the molecule is CC(=O)N1CCn2c(C3CCOCC3)nc(-c3cccc4cc(-c5ccc(C(=O)NCCC#Cc6ccc7c(c6)n(C)c(=O)n7C6CCC(=O)NC6=O)nc5)ncc34)c2C1. The number of hydrogen-bond donors (Lipinski definition) is 2. The van der Waals surface area contributed by atoms with Gasteiger partial charge in [-0.2, -0.15) is 0 Å². The molecule has 3 aliphatic rings. The Morgan fingerprint density at radius 1 is 0.967 bits per heavy atom. The minimum absolute atomic E-state index is 0.0534. The van der Waals surface area contributed by atoms with Gasteiger partial charge in [0.1, 0.15) is 17.6 Å². The van der Waals surface area contributed by atoms with Gasteiger partial charge in [-0.15, -0.1) is 0 Å². The topological polar surface area (TPSA) is 175 Å². The van der Waals surface area contributed by atoms with Crippen molar-refractivity contribution in [2.24, 2.45) is 7.05 Å². The van der Waals surface area contributed by atoms with E-state index in [1.165, 1.54) is 9.13 Å². The predicted molar refractivity (Wildman–Crippen MR) is 223 cm³/mol. The number of piperidine rings is 1. The van der Waals surface area contributed by atoms with Crippen molar-refractivity contribution in [3.05, 3.63) is 100 Å². The normalized spacial score (nSPS) is 17.0. The van der Waals surface area contributed by atoms with Crippen LogP contribution in [0, 0.1) is 11.8 Å². The Balaban J connectivity index is 0.863. The second-order valence-electron chi connectivity index (χ2n) is 15.5. The smallest absolute Gasteiger partial charge is 0.329 e. The Kier molecular flexibility index (Phi) is 10.3. The number of benzene rings is 2. The molecule has 15 heteroatoms. The summed E-state index contributed by atoms with van der Waals surface area (Å²) in [6, 6.07) is 16.2. The first-order valence-corrected chi connectivity index (χ1v) is 20.2. The van der Waals surface area contributed by atoms with Gasteiger partial charge in [-0.25, -0.2) is 9.78 Å². The summed E-state index contributed by atoms with van der Waals surface area (Å²) in [5.41, 5.74) is 6.22. The minimum atomic E-state index is -0.756. The highest BCUT2D eigenvalue weighted by molar-refractivity contribution is 6.00. The third-order valence-corrected chi connectivity index (χ3v) is 11.8. The maximum Gasteiger partial charge on any atom is 0.329 e. The van der Waals surface area contributed by atoms with Crippen LogP contribution in [0.1, 0.15) is 78.6 Å². The molecule has 0 saturated carbocycles. The molecular formula is C45H43N9O6. The van der Waals surface area contributed by atoms with Crippen LogP contribution in [0.5, 0.6) is 0 Å². The van der Waals surface area contributed by atoms with Crippen molar-refractivity contribution in [3.63, 3.8) is 0 Å². The number of imide groups is 1. The van der Waals surface area contributed by atoms with E-state index >= 15 is 0 Å². The van der Waals surface area contributed by atoms with Crippen molar-refractivity contribution >= 4 is 45.4 Å². The lowest BCUT2D eigenvalue weighted by molar-refractivity contribution is -0.135. The highest BCUT2D eigenvalue weighted by Gasteiger charge is 2.32. The van der Waals surface area contributed by atoms with E-state index in [2.05, 4.69) is 38.1 Å². The summed E-state index contributed by atoms with van der Waals surface area (Å²) in [7, 11) is 1.64. The first kappa shape index (κ1) is 38.6. The van der Waals surface area contributed by atoms with Gasteiger partial charge in [-0.05, 0) is 61.0 Å². The lowest BCUT2D eigenvalue weighted by Crippen LogP contribution is -2.44. The summed E-state index contributed by atoms with van der Waals surface area (Å²) >= 11 is 0. The Bertz CT molecular complexity index is 2840. The summed E-state index contributed by atoms with van der Waals surface area (Å²) in [5, 5.41) is 7.14. The molecule has 9 rings (SSSR count). The van der Waals surface area contributed by atoms with Crippen molar-refractivity contribution in [3.8, 4) is 34.4 Å². The van der Waals surface area contributed by atoms with Crippen molar-refractivity contribution < 1.29 is 23.9 Å². The molecule has 7 heterocycles. The molecule has 15 nitrogen and oxygen atoms in total. The fourth-order valence-corrected chi connectivity index (χ4v) is 8.53. The van der Waals surface area contributed by atoms with Gasteiger partial charge >= 0.3 is 5.69 Å². The number of ether oxygens (including phenoxy) is 1. The van der Waals surface area contributed by atoms with E-state index in [1.54, 1.807) is 44.4 Å². The van der Waals surface area contributed by atoms with Crippen LogP contribution in [0.25, 0.3) is 44.3 Å². The summed E-state index contributed by atoms with van der Waals surface area (Å²) in [4.78, 5) is 79.0. The van der Waals surface area contributed by atoms with E-state index < -0.39 is 11.9 Å². The molecule has 4 aromatic heterocycles. The van der Waals surface area contributed by atoms with Crippen molar-refractivity contribution in [2.75, 3.05) is 26.3 Å². The minimum Gasteiger partial charge on any atom is -0.381 e. The molecule has 2 saturated heterocycles. The molecule has 2 fully saturated rings. The number of imidazole rings is 2. The molecule has 6 aromatic rings. The van der Waals surface area contributed by atoms with Crippen molar-refractivity contribution in [1.29, 1.82) is 0 Å². The molecule has 1 unspecified atom stereocenters. The summed E-state index contributed by atoms with van der Waals surface area (Å²) in [5.74, 6) is 6.45. The highest BCUT2D eigenvalue weighted by Crippen LogP contribution is 2.37. The maximum absolute atomic E-state index is 13.1. The van der Waals surface area contributed by atoms with Crippen LogP contribution < -0.4 is 16.3 Å². The number of carbonyl (C=O) groups excluding carboxylic acids is 4. The lowest BCUT2D eigenvalue weighted by Gasteiger charge is -2.30. The molecule has 60 heavy (non-hydrogen) atoms. The van der Waals surface area contributed by atoms with E-state index in [1.807, 2.05) is 35.4 Å². The van der Waals surface area contributed by atoms with E-state index in [0.29, 0.717) is 55.1 Å². The molecule has 0 aliphatic carbocycles. The highest BCUT2D eigenvalue weighted by atomic mass is 16.5. The third kappa shape index (κ3) is 7.23. The Hall–Kier alpha value is -6.92. The number of amides is 4. The first-order valence-electron chi connectivity index (χ1n) is 20.2. The van der Waals surface area contributed by atoms with Gasteiger partial charge in [0.15, 0.2) is 0 Å². The molecule has 0 bridgehead atoms. The van der Waals surface area contributed by atoms with Gasteiger partial charge in [-0.1, -0.05) is 30.0 Å². The summed E-state index contributed by atoms with van der Waals surface area (Å²) in [6.45, 7) is 5.25. The molecular weight excluding hydrogens is 763 g/mol. The van der Waals surface area contributed by atoms with Gasteiger partial charge in [0, 0.05) is 100 Å². The Labute approximate surface area is 344 Å². The molecule has 2 aromatic carbocycles. The molecule has 4 amide bonds. The number of nitrogens with zero attached hydrogens (tertiary/aromatic N) is 7. The Morgan fingerprint density at radius 2 is 1.82 bits per heavy atom. The lowest BCUT2D eigenvalue weighted by atomic mass is 9.99. The average Bonchev–Trinajstić information content (AvgIpc) is 3.76. The summed E-state index contributed by atoms with van der Waals surface area (Å²) in [6.07, 6.45) is 6.18. The number of fused-ring (bicyclic) bond motifs is 3. The van der Waals surface area contributed by atoms with Crippen molar-refractivity contribution in [1.82, 2.24) is 44.2 Å². The largest absolute Gasteiger partial charge is 0.381 e. The molecule has 3 aliphatic heterocycles. The van der Waals surface area contributed by atoms with Gasteiger partial charge in [0.2, 0.25) is 17.7 Å². The van der Waals surface area contributed by atoms with Gasteiger partial charge < -0.3 is 19.5 Å². The third-order valence-electron chi connectivity index (χ3n) is 11.8. The van der Waals surface area contributed by atoms with Crippen LogP contribution in [0.15, 0.2) is 71.8 Å². The van der Waals surface area contributed by atoms with Crippen LogP contribution >= 0.6 is 0 Å². The van der Waals surface area contributed by atoms with Crippen LogP contribution in [0.2, 0.25) is 0 Å². The number of carbonyl (C=O) groups is 4. The average molecular weight is 806 g/mol. The zero-order chi connectivity index (χ0) is 41.5. The Morgan fingerprint density at radius 3 is 2.60 bits per heavy atom. The fourth-order valence-electron chi connectivity index (χ4n) is 8.53. The maximum atomic E-state index is 13.1. The number of hydrogen-bond acceptors (Lipinski definition) is 9. The predicted octanol–water partition coefficient (Wildman–Crippen LogP) is 4.22. The van der Waals surface area contributed by atoms with Gasteiger partial charge in [0.25, 0.3) is 5.91 Å². The van der Waals surface area contributed by atoms with Crippen LogP contribution in [0.4, 0.5) is 0 Å². The molecule has 0 radical (unpaired) electrons. The van der Waals surface area contributed by atoms with E-state index in [4.69, 9.17) is 14.7 Å².